The molecule has 1 atom stereocenters. The van der Waals surface area contributed by atoms with Crippen LogP contribution < -0.4 is 5.32 Å². The highest BCUT2D eigenvalue weighted by Gasteiger charge is 2.07. The molecule has 1 N–H and O–H groups in total. The van der Waals surface area contributed by atoms with E-state index in [1.165, 1.54) is 11.1 Å². The van der Waals surface area contributed by atoms with Gasteiger partial charge in [-0.05, 0) is 53.0 Å². The van der Waals surface area contributed by atoms with Crippen LogP contribution in [-0.4, -0.2) is 36.6 Å². The summed E-state index contributed by atoms with van der Waals surface area (Å²) < 4.78 is 0. The van der Waals surface area contributed by atoms with Crippen LogP contribution in [0.1, 0.15) is 19.0 Å². The number of aryl methyl sites for hydroxylation is 1. The first-order chi connectivity index (χ1) is 9.06. The van der Waals surface area contributed by atoms with Crippen molar-refractivity contribution in [2.45, 2.75) is 26.3 Å². The number of nitrogens with zero attached hydrogens (tertiary/aromatic N) is 2. The van der Waals surface area contributed by atoms with Gasteiger partial charge >= 0.3 is 0 Å². The molecule has 0 aliphatic heterocycles. The summed E-state index contributed by atoms with van der Waals surface area (Å²) in [5.74, 6) is 0. The molecule has 1 aromatic heterocycles. The van der Waals surface area contributed by atoms with Gasteiger partial charge in [0.2, 0.25) is 0 Å². The molecule has 1 aromatic carbocycles. The van der Waals surface area contributed by atoms with Gasteiger partial charge in [0.15, 0.2) is 0 Å². The Hall–Kier alpha value is -1.61. The lowest BCUT2D eigenvalue weighted by Crippen LogP contribution is -2.23. The van der Waals surface area contributed by atoms with Gasteiger partial charge in [0.1, 0.15) is 0 Å². The smallest absolute Gasteiger partial charge is 0.0725 e. The van der Waals surface area contributed by atoms with Crippen LogP contribution >= 0.6 is 0 Å². The Kier molecular flexibility index (Phi) is 4.38. The van der Waals surface area contributed by atoms with Crippen molar-refractivity contribution in [2.24, 2.45) is 0 Å². The van der Waals surface area contributed by atoms with Crippen LogP contribution in [0.5, 0.6) is 0 Å². The van der Waals surface area contributed by atoms with E-state index in [2.05, 4.69) is 60.5 Å². The minimum absolute atomic E-state index is 0.451. The molecule has 1 heterocycles. The fourth-order valence-corrected chi connectivity index (χ4v) is 2.22. The first-order valence-electron chi connectivity index (χ1n) is 6.84. The van der Waals surface area contributed by atoms with Crippen molar-refractivity contribution in [3.8, 4) is 0 Å². The highest BCUT2D eigenvalue weighted by atomic mass is 15.1. The van der Waals surface area contributed by atoms with Gasteiger partial charge in [-0.25, -0.2) is 0 Å². The molecule has 3 heteroatoms. The van der Waals surface area contributed by atoms with Crippen molar-refractivity contribution in [3.63, 3.8) is 0 Å². The number of anilines is 1. The zero-order valence-electron chi connectivity index (χ0n) is 12.3. The van der Waals surface area contributed by atoms with Crippen LogP contribution in [0.4, 0.5) is 5.69 Å². The van der Waals surface area contributed by atoms with Crippen LogP contribution in [0, 0.1) is 6.92 Å². The summed E-state index contributed by atoms with van der Waals surface area (Å²) in [5, 5.41) is 4.81. The van der Waals surface area contributed by atoms with E-state index in [-0.39, 0.29) is 0 Å². The quantitative estimate of drug-likeness (QED) is 0.891. The largest absolute Gasteiger partial charge is 0.382 e. The van der Waals surface area contributed by atoms with E-state index in [0.717, 1.165) is 24.2 Å². The predicted molar refractivity (Wildman–Crippen MR) is 82.7 cm³/mol. The maximum absolute atomic E-state index is 4.57. The third kappa shape index (κ3) is 3.67. The Morgan fingerprint density at radius 3 is 2.74 bits per heavy atom. The number of para-hydroxylation sites is 1. The third-order valence-electron chi connectivity index (χ3n) is 3.26. The molecule has 0 bridgehead atoms. The average Bonchev–Trinajstić information content (AvgIpc) is 2.36. The highest BCUT2D eigenvalue weighted by molar-refractivity contribution is 5.91. The van der Waals surface area contributed by atoms with Gasteiger partial charge in [0, 0.05) is 22.8 Å². The SMILES string of the molecule is Cc1cc(NC(C)CCN(C)C)c2ccccc2n1. The standard InChI is InChI=1S/C16H23N3/c1-12(9-10-19(3)4)17-16-11-13(2)18-15-8-6-5-7-14(15)16/h5-8,11-12H,9-10H2,1-4H3,(H,17,18). The lowest BCUT2D eigenvalue weighted by Gasteiger charge is -2.19. The van der Waals surface area contributed by atoms with E-state index in [9.17, 15) is 0 Å². The maximum Gasteiger partial charge on any atom is 0.0725 e. The van der Waals surface area contributed by atoms with E-state index in [0.29, 0.717) is 6.04 Å². The molecule has 0 aliphatic rings. The third-order valence-corrected chi connectivity index (χ3v) is 3.26. The van der Waals surface area contributed by atoms with Crippen LogP contribution in [0.2, 0.25) is 0 Å². The summed E-state index contributed by atoms with van der Waals surface area (Å²) in [4.78, 5) is 6.79. The number of benzene rings is 1. The van der Waals surface area contributed by atoms with Crippen LogP contribution in [0.15, 0.2) is 30.3 Å². The molecule has 2 rings (SSSR count). The second-order valence-corrected chi connectivity index (χ2v) is 5.47. The van der Waals surface area contributed by atoms with Gasteiger partial charge in [-0.2, -0.15) is 0 Å². The van der Waals surface area contributed by atoms with E-state index in [1.807, 2.05) is 13.0 Å². The fraction of sp³-hybridized carbons (Fsp3) is 0.438. The summed E-state index contributed by atoms with van der Waals surface area (Å²) in [6.45, 7) is 5.37. The number of hydrogen-bond donors (Lipinski definition) is 1. The van der Waals surface area contributed by atoms with Crippen molar-refractivity contribution in [1.82, 2.24) is 9.88 Å². The van der Waals surface area contributed by atoms with Crippen LogP contribution in [0.3, 0.4) is 0 Å². The van der Waals surface area contributed by atoms with Crippen LogP contribution in [-0.2, 0) is 0 Å². The average molecular weight is 257 g/mol. The van der Waals surface area contributed by atoms with Crippen molar-refractivity contribution >= 4 is 16.6 Å². The molecule has 2 aromatic rings. The monoisotopic (exact) mass is 257 g/mol. The Labute approximate surface area is 115 Å². The summed E-state index contributed by atoms with van der Waals surface area (Å²) in [7, 11) is 4.22. The number of hydrogen-bond acceptors (Lipinski definition) is 3. The van der Waals surface area contributed by atoms with Crippen molar-refractivity contribution < 1.29 is 0 Å². The summed E-state index contributed by atoms with van der Waals surface area (Å²) in [6, 6.07) is 10.9. The van der Waals surface area contributed by atoms with Gasteiger partial charge < -0.3 is 10.2 Å². The summed E-state index contributed by atoms with van der Waals surface area (Å²) in [6.07, 6.45) is 1.13. The molecular formula is C16H23N3. The molecule has 0 saturated carbocycles. The van der Waals surface area contributed by atoms with Gasteiger partial charge in [-0.15, -0.1) is 0 Å². The van der Waals surface area contributed by atoms with Gasteiger partial charge in [0.25, 0.3) is 0 Å². The molecular weight excluding hydrogens is 234 g/mol. The van der Waals surface area contributed by atoms with E-state index < -0.39 is 0 Å². The molecule has 0 saturated heterocycles. The molecule has 0 aliphatic carbocycles. The molecule has 102 valence electrons. The summed E-state index contributed by atoms with van der Waals surface area (Å²) >= 11 is 0. The van der Waals surface area contributed by atoms with Gasteiger partial charge in [0.05, 0.1) is 5.52 Å². The fourth-order valence-electron chi connectivity index (χ4n) is 2.22. The lowest BCUT2D eigenvalue weighted by atomic mass is 10.1. The minimum Gasteiger partial charge on any atom is -0.382 e. The molecule has 19 heavy (non-hydrogen) atoms. The topological polar surface area (TPSA) is 28.2 Å². The molecule has 0 fully saturated rings. The van der Waals surface area contributed by atoms with E-state index in [1.54, 1.807) is 0 Å². The summed E-state index contributed by atoms with van der Waals surface area (Å²) in [5.41, 5.74) is 3.31. The number of nitrogens with one attached hydrogen (secondary N) is 1. The molecule has 3 nitrogen and oxygen atoms in total. The number of fused-ring (bicyclic) bond motifs is 1. The van der Waals surface area contributed by atoms with E-state index >= 15 is 0 Å². The van der Waals surface area contributed by atoms with E-state index in [4.69, 9.17) is 0 Å². The molecule has 1 unspecified atom stereocenters. The van der Waals surface area contributed by atoms with Gasteiger partial charge in [-0.1, -0.05) is 18.2 Å². The Morgan fingerprint density at radius 1 is 1.26 bits per heavy atom. The lowest BCUT2D eigenvalue weighted by molar-refractivity contribution is 0.390. The molecule has 0 amide bonds. The van der Waals surface area contributed by atoms with Crippen molar-refractivity contribution in [1.29, 1.82) is 0 Å². The number of rotatable bonds is 5. The second kappa shape index (κ2) is 6.02. The first kappa shape index (κ1) is 13.8. The highest BCUT2D eigenvalue weighted by Crippen LogP contribution is 2.23. The first-order valence-corrected chi connectivity index (χ1v) is 6.84. The second-order valence-electron chi connectivity index (χ2n) is 5.47. The Bertz CT molecular complexity index is 549. The minimum atomic E-state index is 0.451. The molecule has 0 spiro atoms. The van der Waals surface area contributed by atoms with Crippen LogP contribution in [0.25, 0.3) is 10.9 Å². The Morgan fingerprint density at radius 2 is 2.00 bits per heavy atom. The maximum atomic E-state index is 4.57. The number of aromatic nitrogens is 1. The predicted octanol–water partition coefficient (Wildman–Crippen LogP) is 3.30. The molecule has 0 radical (unpaired) electrons. The zero-order chi connectivity index (χ0) is 13.8. The Balaban J connectivity index is 2.20. The van der Waals surface area contributed by atoms with Crippen molar-refractivity contribution in [2.75, 3.05) is 26.0 Å². The van der Waals surface area contributed by atoms with Gasteiger partial charge in [-0.3, -0.25) is 4.98 Å². The van der Waals surface area contributed by atoms with Crippen molar-refractivity contribution in [3.05, 3.63) is 36.0 Å². The normalized spacial score (nSPS) is 12.9. The number of pyridine rings is 1. The zero-order valence-corrected chi connectivity index (χ0v) is 12.3.